The lowest BCUT2D eigenvalue weighted by atomic mass is 10.4. The van der Waals surface area contributed by atoms with Gasteiger partial charge < -0.3 is 16.0 Å². The van der Waals surface area contributed by atoms with Crippen molar-refractivity contribution in [3.8, 4) is 0 Å². The maximum atomic E-state index is 11.5. The van der Waals surface area contributed by atoms with E-state index in [1.54, 1.807) is 0 Å². The lowest BCUT2D eigenvalue weighted by Crippen LogP contribution is -2.43. The zero-order valence-corrected chi connectivity index (χ0v) is 15.1. The molecule has 0 aliphatic carbocycles. The maximum absolute atomic E-state index is 11.5. The summed E-state index contributed by atoms with van der Waals surface area (Å²) in [6.45, 7) is 9.12. The zero-order valence-electron chi connectivity index (χ0n) is 15.1. The van der Waals surface area contributed by atoms with Crippen LogP contribution in [-0.4, -0.2) is 65.3 Å². The van der Waals surface area contributed by atoms with Crippen LogP contribution in [0.1, 0.15) is 24.7 Å². The molecule has 0 bridgehead atoms. The highest BCUT2D eigenvalue weighted by molar-refractivity contribution is 6.01. The van der Waals surface area contributed by atoms with Crippen LogP contribution in [0.25, 0.3) is 0 Å². The molecule has 0 unspecified atom stereocenters. The van der Waals surface area contributed by atoms with Gasteiger partial charge in [-0.1, -0.05) is 0 Å². The molecular weight excluding hydrogens is 322 g/mol. The number of amides is 3. The molecule has 0 spiro atoms. The molecule has 1 aliphatic rings. The van der Waals surface area contributed by atoms with Crippen molar-refractivity contribution in [3.63, 3.8) is 0 Å². The van der Waals surface area contributed by atoms with E-state index >= 15 is 0 Å². The fraction of sp³-hybridized carbons (Fsp3) is 0.625. The van der Waals surface area contributed by atoms with Gasteiger partial charge in [0.25, 0.3) is 0 Å². The minimum absolute atomic E-state index is 0.0826. The number of aromatic nitrogens is 2. The maximum Gasteiger partial charge on any atom is 0.324 e. The third-order valence-electron chi connectivity index (χ3n) is 3.81. The molecule has 9 nitrogen and oxygen atoms in total. The largest absolute Gasteiger partial charge is 0.357 e. The summed E-state index contributed by atoms with van der Waals surface area (Å²) in [6.07, 6.45) is 0.881. The first-order valence-electron chi connectivity index (χ1n) is 8.62. The highest BCUT2D eigenvalue weighted by atomic mass is 16.2. The number of guanidine groups is 1. The molecule has 3 amide bonds. The predicted molar refractivity (Wildman–Crippen MR) is 95.4 cm³/mol. The van der Waals surface area contributed by atoms with Crippen LogP contribution < -0.4 is 16.0 Å². The Hall–Kier alpha value is -2.58. The molecule has 0 atom stereocenters. The first-order chi connectivity index (χ1) is 12.0. The van der Waals surface area contributed by atoms with Gasteiger partial charge in [0, 0.05) is 38.4 Å². The van der Waals surface area contributed by atoms with Crippen molar-refractivity contribution in [2.45, 2.75) is 33.7 Å². The van der Waals surface area contributed by atoms with E-state index in [1.165, 1.54) is 4.90 Å². The van der Waals surface area contributed by atoms with Crippen LogP contribution in [0.5, 0.6) is 0 Å². The molecule has 9 heteroatoms. The third kappa shape index (κ3) is 5.47. The quantitative estimate of drug-likeness (QED) is 0.265. The number of urea groups is 1. The lowest BCUT2D eigenvalue weighted by molar-refractivity contribution is -0.124. The van der Waals surface area contributed by atoms with E-state index in [9.17, 15) is 9.59 Å². The minimum Gasteiger partial charge on any atom is -0.357 e. The number of imide groups is 1. The van der Waals surface area contributed by atoms with Crippen molar-refractivity contribution in [1.29, 1.82) is 0 Å². The Morgan fingerprint density at radius 3 is 2.72 bits per heavy atom. The van der Waals surface area contributed by atoms with Gasteiger partial charge in [-0.15, -0.1) is 0 Å². The van der Waals surface area contributed by atoms with E-state index in [-0.39, 0.29) is 18.5 Å². The molecule has 25 heavy (non-hydrogen) atoms. The molecule has 0 aromatic carbocycles. The van der Waals surface area contributed by atoms with E-state index in [2.05, 4.69) is 32.1 Å². The fourth-order valence-electron chi connectivity index (χ4n) is 2.62. The molecule has 1 saturated heterocycles. The number of carbonyl (C=O) groups excluding carboxylic acids is 2. The molecular formula is C16H27N7O2. The van der Waals surface area contributed by atoms with Crippen LogP contribution in [0.15, 0.2) is 11.1 Å². The van der Waals surface area contributed by atoms with Crippen LogP contribution in [0.4, 0.5) is 4.79 Å². The number of hydrogen-bond acceptors (Lipinski definition) is 4. The summed E-state index contributed by atoms with van der Waals surface area (Å²) in [5.41, 5.74) is 2.18. The average Bonchev–Trinajstić information content (AvgIpc) is 3.06. The summed E-state index contributed by atoms with van der Waals surface area (Å²) in [5.74, 6) is 0.488. The van der Waals surface area contributed by atoms with Crippen molar-refractivity contribution >= 4 is 17.9 Å². The molecule has 0 saturated carbocycles. The van der Waals surface area contributed by atoms with Crippen LogP contribution in [-0.2, 0) is 11.3 Å². The van der Waals surface area contributed by atoms with Gasteiger partial charge in [-0.25, -0.2) is 4.79 Å². The standard InChI is InChI=1S/C16H27N7O2/c1-4-17-15(19-7-9-22-14(24)11-20-16(22)25)18-6-5-8-23-13(3)10-12(2)21-23/h10H,4-9,11H2,1-3H3,(H,20,25)(H2,17,18,19). The van der Waals surface area contributed by atoms with Gasteiger partial charge in [-0.3, -0.25) is 19.4 Å². The van der Waals surface area contributed by atoms with E-state index < -0.39 is 0 Å². The highest BCUT2D eigenvalue weighted by Crippen LogP contribution is 2.02. The number of nitrogens with one attached hydrogen (secondary N) is 3. The molecule has 1 fully saturated rings. The Balaban J connectivity index is 1.74. The SMILES string of the molecule is CCNC(=NCCCn1nc(C)cc1C)NCCN1C(=O)CNC1=O. The van der Waals surface area contributed by atoms with Crippen LogP contribution in [0.3, 0.4) is 0 Å². The predicted octanol–water partition coefficient (Wildman–Crippen LogP) is -0.00306. The Labute approximate surface area is 147 Å². The summed E-state index contributed by atoms with van der Waals surface area (Å²) < 4.78 is 1.99. The first-order valence-corrected chi connectivity index (χ1v) is 8.62. The second-order valence-corrected chi connectivity index (χ2v) is 5.90. The number of nitrogens with zero attached hydrogens (tertiary/aromatic N) is 4. The van der Waals surface area contributed by atoms with Gasteiger partial charge in [-0.2, -0.15) is 5.10 Å². The molecule has 3 N–H and O–H groups in total. The number of aryl methyl sites for hydroxylation is 3. The Kier molecular flexibility index (Phi) is 6.79. The van der Waals surface area contributed by atoms with Crippen LogP contribution in [0, 0.1) is 13.8 Å². The third-order valence-corrected chi connectivity index (χ3v) is 3.81. The monoisotopic (exact) mass is 349 g/mol. The molecule has 2 heterocycles. The second-order valence-electron chi connectivity index (χ2n) is 5.90. The van der Waals surface area contributed by atoms with E-state index in [1.807, 2.05) is 25.5 Å². The summed E-state index contributed by atoms with van der Waals surface area (Å²) in [7, 11) is 0. The van der Waals surface area contributed by atoms with Crippen molar-refractivity contribution in [2.75, 3.05) is 32.7 Å². The van der Waals surface area contributed by atoms with E-state index in [0.717, 1.165) is 30.9 Å². The summed E-state index contributed by atoms with van der Waals surface area (Å²) in [6, 6.07) is 1.73. The Morgan fingerprint density at radius 2 is 2.12 bits per heavy atom. The second kappa shape index (κ2) is 9.05. The zero-order chi connectivity index (χ0) is 18.2. The van der Waals surface area contributed by atoms with Gasteiger partial charge in [0.2, 0.25) is 5.91 Å². The average molecular weight is 349 g/mol. The normalized spacial score (nSPS) is 14.8. The van der Waals surface area contributed by atoms with Gasteiger partial charge >= 0.3 is 6.03 Å². The molecule has 1 aromatic heterocycles. The van der Waals surface area contributed by atoms with Crippen molar-refractivity contribution in [3.05, 3.63) is 17.5 Å². The number of carbonyl (C=O) groups is 2. The van der Waals surface area contributed by atoms with E-state index in [4.69, 9.17) is 0 Å². The van der Waals surface area contributed by atoms with Crippen LogP contribution >= 0.6 is 0 Å². The Bertz CT molecular complexity index is 622. The molecule has 1 aliphatic heterocycles. The van der Waals surface area contributed by atoms with Gasteiger partial charge in [0.1, 0.15) is 0 Å². The van der Waals surface area contributed by atoms with E-state index in [0.29, 0.717) is 25.6 Å². The van der Waals surface area contributed by atoms with Gasteiger partial charge in [0.05, 0.1) is 12.2 Å². The number of hydrogen-bond donors (Lipinski definition) is 3. The number of rotatable bonds is 8. The first kappa shape index (κ1) is 18.8. The Morgan fingerprint density at radius 1 is 1.32 bits per heavy atom. The van der Waals surface area contributed by atoms with Gasteiger partial charge in [-0.05, 0) is 33.3 Å². The molecule has 2 rings (SSSR count). The number of aliphatic imine (C=N–C) groups is 1. The van der Waals surface area contributed by atoms with Crippen LogP contribution in [0.2, 0.25) is 0 Å². The minimum atomic E-state index is -0.335. The van der Waals surface area contributed by atoms with Crippen molar-refractivity contribution < 1.29 is 9.59 Å². The van der Waals surface area contributed by atoms with Crippen molar-refractivity contribution in [1.82, 2.24) is 30.6 Å². The topological polar surface area (TPSA) is 104 Å². The summed E-state index contributed by atoms with van der Waals surface area (Å²) in [4.78, 5) is 28.7. The van der Waals surface area contributed by atoms with Gasteiger partial charge in [0.15, 0.2) is 5.96 Å². The fourth-order valence-corrected chi connectivity index (χ4v) is 2.62. The molecule has 138 valence electrons. The highest BCUT2D eigenvalue weighted by Gasteiger charge is 2.27. The smallest absolute Gasteiger partial charge is 0.324 e. The van der Waals surface area contributed by atoms with Crippen molar-refractivity contribution in [2.24, 2.45) is 4.99 Å². The summed E-state index contributed by atoms with van der Waals surface area (Å²) in [5, 5.41) is 13.2. The summed E-state index contributed by atoms with van der Waals surface area (Å²) >= 11 is 0. The molecule has 1 aromatic rings. The lowest BCUT2D eigenvalue weighted by Gasteiger charge is -2.15. The molecule has 0 radical (unpaired) electrons.